The summed E-state index contributed by atoms with van der Waals surface area (Å²) >= 11 is 12.7. The van der Waals surface area contributed by atoms with Crippen LogP contribution in [0.5, 0.6) is 0 Å². The fourth-order valence-corrected chi connectivity index (χ4v) is 7.12. The lowest BCUT2D eigenvalue weighted by molar-refractivity contribution is -0.125. The summed E-state index contributed by atoms with van der Waals surface area (Å²) in [6, 6.07) is 16.1. The van der Waals surface area contributed by atoms with Crippen molar-refractivity contribution in [1.29, 1.82) is 0 Å². The Labute approximate surface area is 244 Å². The monoisotopic (exact) mass is 580 g/mol. The average Bonchev–Trinajstić information content (AvgIpc) is 3.73. The Balaban J connectivity index is 1.12. The number of nitrogens with one attached hydrogen (secondary N) is 2. The van der Waals surface area contributed by atoms with Gasteiger partial charge in [-0.25, -0.2) is 0 Å². The van der Waals surface area contributed by atoms with Gasteiger partial charge >= 0.3 is 0 Å². The van der Waals surface area contributed by atoms with Crippen molar-refractivity contribution in [2.24, 2.45) is 0 Å². The highest BCUT2D eigenvalue weighted by Gasteiger charge is 2.50. The highest BCUT2D eigenvalue weighted by molar-refractivity contribution is 6.42. The molecule has 3 fully saturated rings. The number of anilines is 1. The van der Waals surface area contributed by atoms with Gasteiger partial charge in [0, 0.05) is 43.5 Å². The van der Waals surface area contributed by atoms with E-state index in [0.717, 1.165) is 63.0 Å². The maximum Gasteiger partial charge on any atom is 0.257 e. The molecule has 0 radical (unpaired) electrons. The molecule has 0 saturated carbocycles. The standard InChI is InChI=1S/C30H34Cl2N6O2/c31-25-8-7-23(17-26(25)32)29(10-16-37(20-29)27(39)22-18-34-35-19-22)9-4-13-36-14-11-30(12-15-36)28(40)33-21-38(30)24-5-2-1-3-6-24/h1-3,5-8,17-19H,4,9-16,20-21H2,(H,33,40)(H,34,35). The van der Waals surface area contributed by atoms with Gasteiger partial charge in [-0.15, -0.1) is 0 Å². The Hall–Kier alpha value is -3.07. The average molecular weight is 582 g/mol. The van der Waals surface area contributed by atoms with Crippen molar-refractivity contribution in [1.82, 2.24) is 25.3 Å². The van der Waals surface area contributed by atoms with Crippen molar-refractivity contribution < 1.29 is 9.59 Å². The normalized spacial score (nSPS) is 22.7. The SMILES string of the molecule is O=C(c1cn[nH]c1)N1CCC(CCCN2CCC3(CC2)C(=O)NCN3c2ccccc2)(c2ccc(Cl)c(Cl)c2)C1. The fraction of sp³-hybridized carbons (Fsp3) is 0.433. The molecule has 8 nitrogen and oxygen atoms in total. The van der Waals surface area contributed by atoms with E-state index < -0.39 is 5.54 Å². The largest absolute Gasteiger partial charge is 0.339 e. The van der Waals surface area contributed by atoms with E-state index in [9.17, 15) is 9.59 Å². The van der Waals surface area contributed by atoms with Gasteiger partial charge in [-0.2, -0.15) is 5.10 Å². The molecule has 4 heterocycles. The molecule has 40 heavy (non-hydrogen) atoms. The number of hydrogen-bond donors (Lipinski definition) is 2. The fourth-order valence-electron chi connectivity index (χ4n) is 6.83. The van der Waals surface area contributed by atoms with Crippen LogP contribution in [0.2, 0.25) is 10.0 Å². The van der Waals surface area contributed by atoms with E-state index in [4.69, 9.17) is 23.2 Å². The number of aromatic nitrogens is 2. The highest BCUT2D eigenvalue weighted by atomic mass is 35.5. The van der Waals surface area contributed by atoms with E-state index in [0.29, 0.717) is 35.4 Å². The minimum Gasteiger partial charge on any atom is -0.339 e. The second-order valence-electron chi connectivity index (χ2n) is 11.3. The molecule has 3 aliphatic rings. The van der Waals surface area contributed by atoms with Crippen LogP contribution < -0.4 is 10.2 Å². The van der Waals surface area contributed by atoms with Crippen LogP contribution in [0.15, 0.2) is 60.9 Å². The molecule has 0 bridgehead atoms. The molecule has 1 atom stereocenters. The predicted octanol–water partition coefficient (Wildman–Crippen LogP) is 4.71. The molecule has 3 aliphatic heterocycles. The first-order valence-electron chi connectivity index (χ1n) is 14.0. The topological polar surface area (TPSA) is 84.6 Å². The van der Waals surface area contributed by atoms with Crippen LogP contribution in [-0.2, 0) is 10.2 Å². The third kappa shape index (κ3) is 4.97. The Morgan fingerprint density at radius 2 is 1.80 bits per heavy atom. The first kappa shape index (κ1) is 27.1. The molecule has 3 aromatic rings. The number of rotatable bonds is 7. The van der Waals surface area contributed by atoms with Crippen molar-refractivity contribution in [3.63, 3.8) is 0 Å². The third-order valence-electron chi connectivity index (χ3n) is 9.14. The molecule has 2 aromatic carbocycles. The summed E-state index contributed by atoms with van der Waals surface area (Å²) in [7, 11) is 0. The lowest BCUT2D eigenvalue weighted by Gasteiger charge is -2.43. The van der Waals surface area contributed by atoms with Crippen molar-refractivity contribution >= 4 is 40.7 Å². The zero-order valence-corrected chi connectivity index (χ0v) is 23.9. The first-order valence-corrected chi connectivity index (χ1v) is 14.7. The smallest absolute Gasteiger partial charge is 0.257 e. The van der Waals surface area contributed by atoms with E-state index in [2.05, 4.69) is 43.5 Å². The van der Waals surface area contributed by atoms with Crippen molar-refractivity contribution in [3.05, 3.63) is 82.1 Å². The molecule has 1 unspecified atom stereocenters. The summed E-state index contributed by atoms with van der Waals surface area (Å²) in [5, 5.41) is 10.8. The molecule has 3 saturated heterocycles. The van der Waals surface area contributed by atoms with Crippen LogP contribution in [-0.4, -0.2) is 76.7 Å². The van der Waals surface area contributed by atoms with Gasteiger partial charge < -0.3 is 20.0 Å². The Kier molecular flexibility index (Phi) is 7.50. The van der Waals surface area contributed by atoms with Gasteiger partial charge in [-0.05, 0) is 68.5 Å². The maximum absolute atomic E-state index is 13.1. The molecule has 0 aliphatic carbocycles. The number of likely N-dealkylation sites (tertiary alicyclic amines) is 2. The van der Waals surface area contributed by atoms with Gasteiger partial charge in [0.15, 0.2) is 0 Å². The number of carbonyl (C=O) groups excluding carboxylic acids is 2. The third-order valence-corrected chi connectivity index (χ3v) is 9.88. The molecule has 1 spiro atoms. The van der Waals surface area contributed by atoms with E-state index in [1.54, 1.807) is 12.4 Å². The summed E-state index contributed by atoms with van der Waals surface area (Å²) in [5.74, 6) is 0.137. The summed E-state index contributed by atoms with van der Waals surface area (Å²) in [6.45, 7) is 4.57. The second-order valence-corrected chi connectivity index (χ2v) is 12.1. The summed E-state index contributed by atoms with van der Waals surface area (Å²) in [5.41, 5.74) is 2.13. The molecule has 2 N–H and O–H groups in total. The number of hydrogen-bond acceptors (Lipinski definition) is 5. The van der Waals surface area contributed by atoms with Crippen molar-refractivity contribution in [2.75, 3.05) is 44.3 Å². The minimum absolute atomic E-state index is 0.00479. The molecular weight excluding hydrogens is 547 g/mol. The van der Waals surface area contributed by atoms with Gasteiger partial charge in [-0.3, -0.25) is 14.7 Å². The zero-order chi connectivity index (χ0) is 27.7. The summed E-state index contributed by atoms with van der Waals surface area (Å²) in [4.78, 5) is 32.8. The van der Waals surface area contributed by atoms with Crippen molar-refractivity contribution in [2.45, 2.75) is 43.1 Å². The number of halogens is 2. The predicted molar refractivity (Wildman–Crippen MR) is 157 cm³/mol. The van der Waals surface area contributed by atoms with Gasteiger partial charge in [0.2, 0.25) is 5.91 Å². The number of aromatic amines is 1. The molecule has 2 amide bonds. The number of carbonyl (C=O) groups is 2. The van der Waals surface area contributed by atoms with E-state index >= 15 is 0 Å². The number of amides is 2. The van der Waals surface area contributed by atoms with Crippen LogP contribution in [0, 0.1) is 0 Å². The molecular formula is C30H34Cl2N6O2. The van der Waals surface area contributed by atoms with Crippen LogP contribution in [0.4, 0.5) is 5.69 Å². The number of piperidine rings is 1. The van der Waals surface area contributed by atoms with E-state index in [-0.39, 0.29) is 17.2 Å². The summed E-state index contributed by atoms with van der Waals surface area (Å²) in [6.07, 6.45) is 7.61. The molecule has 210 valence electrons. The van der Waals surface area contributed by atoms with Gasteiger partial charge in [-0.1, -0.05) is 47.5 Å². The molecule has 1 aromatic heterocycles. The summed E-state index contributed by atoms with van der Waals surface area (Å²) < 4.78 is 0. The van der Waals surface area contributed by atoms with Gasteiger partial charge in [0.25, 0.3) is 5.91 Å². The van der Waals surface area contributed by atoms with Gasteiger partial charge in [0.05, 0.1) is 28.5 Å². The zero-order valence-electron chi connectivity index (χ0n) is 22.4. The minimum atomic E-state index is -0.474. The van der Waals surface area contributed by atoms with Gasteiger partial charge in [0.1, 0.15) is 5.54 Å². The van der Waals surface area contributed by atoms with Crippen LogP contribution in [0.3, 0.4) is 0 Å². The van der Waals surface area contributed by atoms with Crippen LogP contribution >= 0.6 is 23.2 Å². The number of para-hydroxylation sites is 1. The first-order chi connectivity index (χ1) is 19.4. The number of H-pyrrole nitrogens is 1. The number of nitrogens with zero attached hydrogens (tertiary/aromatic N) is 4. The quantitative estimate of drug-likeness (QED) is 0.423. The Morgan fingerprint density at radius 3 is 2.52 bits per heavy atom. The molecule has 10 heteroatoms. The lowest BCUT2D eigenvalue weighted by Crippen LogP contribution is -2.56. The van der Waals surface area contributed by atoms with Crippen molar-refractivity contribution in [3.8, 4) is 0 Å². The van der Waals surface area contributed by atoms with Crippen LogP contribution in [0.1, 0.15) is 48.0 Å². The maximum atomic E-state index is 13.1. The molecule has 6 rings (SSSR count). The van der Waals surface area contributed by atoms with E-state index in [1.807, 2.05) is 35.2 Å². The second kappa shape index (κ2) is 11.1. The lowest BCUT2D eigenvalue weighted by atomic mass is 9.76. The Bertz CT molecular complexity index is 1360. The van der Waals surface area contributed by atoms with E-state index in [1.165, 1.54) is 0 Å². The van der Waals surface area contributed by atoms with Crippen LogP contribution in [0.25, 0.3) is 0 Å². The Morgan fingerprint density at radius 1 is 1.00 bits per heavy atom. The number of benzene rings is 2. The highest BCUT2D eigenvalue weighted by Crippen LogP contribution is 2.42.